The van der Waals surface area contributed by atoms with Gasteiger partial charge in [0.2, 0.25) is 0 Å². The van der Waals surface area contributed by atoms with Crippen LogP contribution < -0.4 is 9.47 Å². The van der Waals surface area contributed by atoms with Crippen molar-refractivity contribution >= 4 is 40.0 Å². The Morgan fingerprint density at radius 1 is 1.00 bits per heavy atom. The summed E-state index contributed by atoms with van der Waals surface area (Å²) in [5.41, 5.74) is 4.27. The second-order valence-electron chi connectivity index (χ2n) is 12.7. The van der Waals surface area contributed by atoms with Gasteiger partial charge in [0.1, 0.15) is 10.8 Å². The van der Waals surface area contributed by atoms with Crippen molar-refractivity contribution in [1.82, 2.24) is 14.5 Å². The van der Waals surface area contributed by atoms with Crippen LogP contribution in [0.3, 0.4) is 0 Å². The van der Waals surface area contributed by atoms with Crippen molar-refractivity contribution in [2.24, 2.45) is 5.41 Å². The quantitative estimate of drug-likeness (QED) is 0.128. The van der Waals surface area contributed by atoms with Gasteiger partial charge in [-0.2, -0.15) is 0 Å². The predicted octanol–water partition coefficient (Wildman–Crippen LogP) is 8.77. The number of aromatic nitrogens is 3. The molecule has 9 heteroatoms. The number of carboxylic acid groups (broad SMARTS) is 1. The molecule has 0 atom stereocenters. The summed E-state index contributed by atoms with van der Waals surface area (Å²) in [6, 6.07) is 20.6. The maximum absolute atomic E-state index is 12.4. The lowest BCUT2D eigenvalue weighted by Crippen LogP contribution is -2.28. The zero-order valence-corrected chi connectivity index (χ0v) is 28.4. The van der Waals surface area contributed by atoms with Crippen LogP contribution >= 0.6 is 23.1 Å². The molecule has 0 saturated carbocycles. The monoisotopic (exact) mass is 643 g/mol. The number of carbonyl (C=O) groups is 1. The zero-order chi connectivity index (χ0) is 32.2. The van der Waals surface area contributed by atoms with Gasteiger partial charge in [-0.15, -0.1) is 11.8 Å². The van der Waals surface area contributed by atoms with Crippen LogP contribution in [0.2, 0.25) is 0 Å². The van der Waals surface area contributed by atoms with Gasteiger partial charge in [-0.1, -0.05) is 62.4 Å². The second kappa shape index (κ2) is 13.7. The van der Waals surface area contributed by atoms with Crippen LogP contribution in [0.1, 0.15) is 58.5 Å². The number of hydrogen-bond donors (Lipinski definition) is 1. The van der Waals surface area contributed by atoms with Gasteiger partial charge < -0.3 is 19.1 Å². The van der Waals surface area contributed by atoms with Crippen LogP contribution in [0.4, 0.5) is 0 Å². The van der Waals surface area contributed by atoms with Gasteiger partial charge >= 0.3 is 5.97 Å². The van der Waals surface area contributed by atoms with E-state index in [0.29, 0.717) is 32.6 Å². The Morgan fingerprint density at radius 2 is 1.78 bits per heavy atom. The van der Waals surface area contributed by atoms with E-state index < -0.39 is 11.4 Å². The third-order valence-electron chi connectivity index (χ3n) is 7.35. The molecular weight excluding hydrogens is 603 g/mol. The third kappa shape index (κ3) is 8.07. The molecule has 3 aromatic heterocycles. The van der Waals surface area contributed by atoms with E-state index in [1.54, 1.807) is 38.0 Å². The molecule has 5 rings (SSSR count). The number of thioether (sulfide) groups is 1. The van der Waals surface area contributed by atoms with E-state index in [9.17, 15) is 9.90 Å². The molecule has 0 aliphatic rings. The minimum absolute atomic E-state index is 0.0905. The number of fused-ring (bicyclic) bond motifs is 1. The highest BCUT2D eigenvalue weighted by Gasteiger charge is 2.33. The molecule has 3 heterocycles. The summed E-state index contributed by atoms with van der Waals surface area (Å²) in [6.07, 6.45) is 4.67. The van der Waals surface area contributed by atoms with Gasteiger partial charge in [-0.05, 0) is 56.7 Å². The molecule has 1 N–H and O–H groups in total. The van der Waals surface area contributed by atoms with E-state index in [1.165, 1.54) is 11.3 Å². The highest BCUT2D eigenvalue weighted by molar-refractivity contribution is 8.00. The number of benzene rings is 2. The molecule has 0 bridgehead atoms. The number of thiazole rings is 1. The first-order valence-electron chi connectivity index (χ1n) is 15.2. The lowest BCUT2D eigenvalue weighted by Gasteiger charge is -2.24. The lowest BCUT2D eigenvalue weighted by molar-refractivity contribution is -0.146. The van der Waals surface area contributed by atoms with Crippen LogP contribution in [0.25, 0.3) is 21.5 Å². The van der Waals surface area contributed by atoms with Gasteiger partial charge in [0, 0.05) is 63.1 Å². The van der Waals surface area contributed by atoms with Gasteiger partial charge in [-0.3, -0.25) is 9.78 Å². The van der Waals surface area contributed by atoms with Crippen molar-refractivity contribution in [3.05, 3.63) is 90.0 Å². The van der Waals surface area contributed by atoms with Crippen LogP contribution in [0.15, 0.2) is 78.0 Å². The van der Waals surface area contributed by atoms with Crippen molar-refractivity contribution < 1.29 is 19.4 Å². The van der Waals surface area contributed by atoms with Crippen molar-refractivity contribution in [3.8, 4) is 21.4 Å². The van der Waals surface area contributed by atoms with E-state index in [0.717, 1.165) is 54.1 Å². The highest BCUT2D eigenvalue weighted by Crippen LogP contribution is 2.44. The molecule has 0 radical (unpaired) electrons. The Balaban J connectivity index is 1.53. The molecule has 2 aromatic carbocycles. The second-order valence-corrected chi connectivity index (χ2v) is 15.5. The molecule has 0 fully saturated rings. The minimum Gasteiger partial charge on any atom is -0.493 e. The van der Waals surface area contributed by atoms with Gasteiger partial charge in [0.25, 0.3) is 0 Å². The molecule has 0 amide bonds. The van der Waals surface area contributed by atoms with Gasteiger partial charge in [-0.25, -0.2) is 4.98 Å². The molecule has 0 aliphatic carbocycles. The number of hydrogen-bond acceptors (Lipinski definition) is 7. The van der Waals surface area contributed by atoms with E-state index in [-0.39, 0.29) is 4.75 Å². The molecule has 236 valence electrons. The minimum atomic E-state index is -0.950. The molecule has 0 aliphatic heterocycles. The van der Waals surface area contributed by atoms with Crippen molar-refractivity contribution in [2.75, 3.05) is 13.2 Å². The number of aliphatic carboxylic acids is 1. The van der Waals surface area contributed by atoms with Crippen molar-refractivity contribution in [2.45, 2.75) is 70.6 Å². The maximum atomic E-state index is 12.4. The summed E-state index contributed by atoms with van der Waals surface area (Å²) >= 11 is 3.31. The molecule has 5 aromatic rings. The summed E-state index contributed by atoms with van der Waals surface area (Å²) in [5.74, 6) is -0.0293. The lowest BCUT2D eigenvalue weighted by atomic mass is 9.88. The number of rotatable bonds is 13. The van der Waals surface area contributed by atoms with Gasteiger partial charge in [0.15, 0.2) is 5.06 Å². The Hall–Kier alpha value is -3.82. The Morgan fingerprint density at radius 3 is 2.44 bits per heavy atom. The fourth-order valence-electron chi connectivity index (χ4n) is 5.07. The first kappa shape index (κ1) is 32.6. The van der Waals surface area contributed by atoms with Crippen molar-refractivity contribution in [3.63, 3.8) is 0 Å². The van der Waals surface area contributed by atoms with E-state index >= 15 is 0 Å². The molecular formula is C36H41N3O4S2. The average Bonchev–Trinajstić information content (AvgIpc) is 3.56. The highest BCUT2D eigenvalue weighted by atomic mass is 32.2. The fraction of sp³-hybridized carbons (Fsp3) is 0.361. The zero-order valence-electron chi connectivity index (χ0n) is 26.8. The van der Waals surface area contributed by atoms with Gasteiger partial charge in [0.05, 0.1) is 24.8 Å². The number of ether oxygens (including phenoxy) is 2. The van der Waals surface area contributed by atoms with Crippen LogP contribution in [0.5, 0.6) is 10.8 Å². The molecule has 0 saturated heterocycles. The summed E-state index contributed by atoms with van der Waals surface area (Å²) < 4.78 is 14.0. The SMILES string of the molecule is CCOc1cnc(-c2ccc(Cn3c(CC(C)(C)C(=O)O)c(SC(C)(C)C)c4cc(OCCc5ccccn5)ccc43)cc2)s1. The fourth-order valence-corrected chi connectivity index (χ4v) is 7.09. The summed E-state index contributed by atoms with van der Waals surface area (Å²) in [4.78, 5) is 22.4. The maximum Gasteiger partial charge on any atom is 0.309 e. The number of carboxylic acids is 1. The molecule has 0 spiro atoms. The van der Waals surface area contributed by atoms with Crippen LogP contribution in [0, 0.1) is 5.41 Å². The molecule has 45 heavy (non-hydrogen) atoms. The predicted molar refractivity (Wildman–Crippen MR) is 184 cm³/mol. The Kier molecular flexibility index (Phi) is 9.89. The van der Waals surface area contributed by atoms with E-state index in [2.05, 4.69) is 71.7 Å². The first-order chi connectivity index (χ1) is 21.4. The summed E-state index contributed by atoms with van der Waals surface area (Å²) in [5, 5.41) is 12.9. The van der Waals surface area contributed by atoms with Crippen molar-refractivity contribution in [1.29, 1.82) is 0 Å². The standard InChI is InChI=1S/C36H41N3O4S2/c1-7-42-31-22-38-33(44-31)25-13-11-24(12-14-25)23-39-29-16-15-27(43-19-17-26-10-8-9-18-37-26)20-28(29)32(45-35(2,3)4)30(39)21-36(5,6)34(40)41/h8-16,18,20,22H,7,17,19,21,23H2,1-6H3,(H,40,41). The van der Waals surface area contributed by atoms with Crippen LogP contribution in [-0.4, -0.2) is 43.6 Å². The first-order valence-corrected chi connectivity index (χ1v) is 16.8. The Labute approximate surface area is 273 Å². The van der Waals surface area contributed by atoms with E-state index in [4.69, 9.17) is 9.47 Å². The van der Waals surface area contributed by atoms with E-state index in [1.807, 2.05) is 31.2 Å². The number of pyridine rings is 1. The topological polar surface area (TPSA) is 86.5 Å². The summed E-state index contributed by atoms with van der Waals surface area (Å²) in [7, 11) is 0. The largest absolute Gasteiger partial charge is 0.493 e. The average molecular weight is 644 g/mol. The van der Waals surface area contributed by atoms with Crippen LogP contribution in [-0.2, 0) is 24.2 Å². The smallest absolute Gasteiger partial charge is 0.309 e. The Bertz CT molecular complexity index is 1750. The molecule has 0 unspecified atom stereocenters. The molecule has 7 nitrogen and oxygen atoms in total. The summed E-state index contributed by atoms with van der Waals surface area (Å²) in [6.45, 7) is 13.9. The third-order valence-corrected chi connectivity index (χ3v) is 9.58. The number of nitrogens with zero attached hydrogens (tertiary/aromatic N) is 3. The normalized spacial score (nSPS) is 12.0.